The number of aryl methyl sites for hydroxylation is 2. The zero-order valence-corrected chi connectivity index (χ0v) is 9.23. The van der Waals surface area contributed by atoms with Crippen LogP contribution in [0.3, 0.4) is 0 Å². The fourth-order valence-electron chi connectivity index (χ4n) is 1.77. The van der Waals surface area contributed by atoms with Crippen molar-refractivity contribution in [3.05, 3.63) is 23.5 Å². The number of nitrogens with zero attached hydrogens (tertiary/aromatic N) is 1. The molecule has 3 heteroatoms. The average molecular weight is 207 g/mol. The maximum atomic E-state index is 9.17. The summed E-state index contributed by atoms with van der Waals surface area (Å²) >= 11 is 0. The lowest BCUT2D eigenvalue weighted by atomic mass is 9.92. The molecule has 1 saturated carbocycles. The van der Waals surface area contributed by atoms with Gasteiger partial charge in [-0.15, -0.1) is 0 Å². The number of ether oxygens (including phenoxy) is 1. The summed E-state index contributed by atoms with van der Waals surface area (Å²) in [6, 6.07) is 3.94. The summed E-state index contributed by atoms with van der Waals surface area (Å²) in [6.07, 6.45) is 2.38. The molecule has 0 bridgehead atoms. The first-order chi connectivity index (χ1) is 7.19. The molecule has 1 aromatic heterocycles. The summed E-state index contributed by atoms with van der Waals surface area (Å²) in [5.41, 5.74) is 2.03. The van der Waals surface area contributed by atoms with Crippen LogP contribution < -0.4 is 4.74 Å². The molecule has 15 heavy (non-hydrogen) atoms. The van der Waals surface area contributed by atoms with Crippen molar-refractivity contribution in [1.82, 2.24) is 4.98 Å². The highest BCUT2D eigenvalue weighted by molar-refractivity contribution is 5.29. The molecule has 1 aliphatic carbocycles. The Morgan fingerprint density at radius 1 is 1.47 bits per heavy atom. The molecule has 0 spiro atoms. The van der Waals surface area contributed by atoms with Crippen molar-refractivity contribution in [2.24, 2.45) is 0 Å². The van der Waals surface area contributed by atoms with Gasteiger partial charge in [-0.1, -0.05) is 6.92 Å². The monoisotopic (exact) mass is 207 g/mol. The highest BCUT2D eigenvalue weighted by atomic mass is 16.5. The van der Waals surface area contributed by atoms with E-state index in [1.807, 2.05) is 19.1 Å². The van der Waals surface area contributed by atoms with E-state index >= 15 is 0 Å². The number of hydrogen-bond acceptors (Lipinski definition) is 3. The molecule has 1 N–H and O–H groups in total. The lowest BCUT2D eigenvalue weighted by molar-refractivity contribution is -0.0113. The first kappa shape index (κ1) is 10.4. The van der Waals surface area contributed by atoms with Gasteiger partial charge in [0.05, 0.1) is 11.8 Å². The summed E-state index contributed by atoms with van der Waals surface area (Å²) in [7, 11) is 0. The first-order valence-corrected chi connectivity index (χ1v) is 5.50. The summed E-state index contributed by atoms with van der Waals surface area (Å²) < 4.78 is 5.78. The second kappa shape index (κ2) is 4.19. The maximum absolute atomic E-state index is 9.17. The summed E-state index contributed by atoms with van der Waals surface area (Å²) in [5.74, 6) is 0.875. The topological polar surface area (TPSA) is 42.4 Å². The molecule has 0 aromatic carbocycles. The third-order valence-corrected chi connectivity index (χ3v) is 2.77. The second-order valence-electron chi connectivity index (χ2n) is 4.12. The SMILES string of the molecule is CCc1nc(C)ccc1OC1CC(O)C1. The van der Waals surface area contributed by atoms with E-state index < -0.39 is 0 Å². The smallest absolute Gasteiger partial charge is 0.141 e. The van der Waals surface area contributed by atoms with Crippen molar-refractivity contribution in [3.8, 4) is 5.75 Å². The van der Waals surface area contributed by atoms with E-state index in [-0.39, 0.29) is 12.2 Å². The number of aliphatic hydroxyl groups excluding tert-OH is 1. The molecule has 82 valence electrons. The van der Waals surface area contributed by atoms with Crippen molar-refractivity contribution in [2.45, 2.75) is 45.3 Å². The third kappa shape index (κ3) is 2.29. The Labute approximate surface area is 90.1 Å². The van der Waals surface area contributed by atoms with Gasteiger partial charge in [-0.2, -0.15) is 0 Å². The molecule has 0 amide bonds. The van der Waals surface area contributed by atoms with Crippen LogP contribution in [0.1, 0.15) is 31.2 Å². The lowest BCUT2D eigenvalue weighted by Gasteiger charge is -2.32. The van der Waals surface area contributed by atoms with E-state index in [1.165, 1.54) is 0 Å². The molecule has 1 aromatic rings. The van der Waals surface area contributed by atoms with E-state index in [4.69, 9.17) is 4.74 Å². The molecule has 0 radical (unpaired) electrons. The van der Waals surface area contributed by atoms with Crippen LogP contribution in [0.5, 0.6) is 5.75 Å². The van der Waals surface area contributed by atoms with Gasteiger partial charge in [0, 0.05) is 18.5 Å². The van der Waals surface area contributed by atoms with E-state index in [0.717, 1.165) is 36.4 Å². The number of pyridine rings is 1. The predicted octanol–water partition coefficient (Wildman–Crippen LogP) is 1.85. The number of rotatable bonds is 3. The Kier molecular flexibility index (Phi) is 2.91. The van der Waals surface area contributed by atoms with Crippen LogP contribution >= 0.6 is 0 Å². The van der Waals surface area contributed by atoms with Gasteiger partial charge in [-0.05, 0) is 25.5 Å². The molecular weight excluding hydrogens is 190 g/mol. The number of aromatic nitrogens is 1. The minimum absolute atomic E-state index is 0.168. The molecule has 0 atom stereocenters. The van der Waals surface area contributed by atoms with Crippen molar-refractivity contribution in [3.63, 3.8) is 0 Å². The molecule has 3 nitrogen and oxygen atoms in total. The highest BCUT2D eigenvalue weighted by Crippen LogP contribution is 2.27. The van der Waals surface area contributed by atoms with Gasteiger partial charge in [0.2, 0.25) is 0 Å². The van der Waals surface area contributed by atoms with Gasteiger partial charge < -0.3 is 9.84 Å². The fourth-order valence-corrected chi connectivity index (χ4v) is 1.77. The molecule has 2 rings (SSSR count). The summed E-state index contributed by atoms with van der Waals surface area (Å²) in [5, 5.41) is 9.17. The zero-order chi connectivity index (χ0) is 10.8. The molecule has 1 heterocycles. The van der Waals surface area contributed by atoms with Crippen molar-refractivity contribution in [1.29, 1.82) is 0 Å². The molecular formula is C12H17NO2. The largest absolute Gasteiger partial charge is 0.488 e. The normalized spacial score (nSPS) is 24.7. The second-order valence-corrected chi connectivity index (χ2v) is 4.12. The van der Waals surface area contributed by atoms with Crippen molar-refractivity contribution >= 4 is 0 Å². The van der Waals surface area contributed by atoms with Crippen LogP contribution in [-0.2, 0) is 6.42 Å². The molecule has 0 saturated heterocycles. The highest BCUT2D eigenvalue weighted by Gasteiger charge is 2.29. The minimum Gasteiger partial charge on any atom is -0.488 e. The summed E-state index contributed by atoms with van der Waals surface area (Å²) in [4.78, 5) is 4.43. The molecule has 1 aliphatic rings. The fraction of sp³-hybridized carbons (Fsp3) is 0.583. The minimum atomic E-state index is -0.168. The van der Waals surface area contributed by atoms with Gasteiger partial charge in [0.15, 0.2) is 0 Å². The zero-order valence-electron chi connectivity index (χ0n) is 9.23. The van der Waals surface area contributed by atoms with Crippen LogP contribution in [0.2, 0.25) is 0 Å². The number of aliphatic hydroxyl groups is 1. The van der Waals surface area contributed by atoms with Crippen LogP contribution in [0, 0.1) is 6.92 Å². The Morgan fingerprint density at radius 2 is 2.20 bits per heavy atom. The van der Waals surface area contributed by atoms with Crippen LogP contribution in [0.25, 0.3) is 0 Å². The molecule has 1 fully saturated rings. The Bertz CT molecular complexity index is 345. The van der Waals surface area contributed by atoms with Gasteiger partial charge in [-0.25, -0.2) is 0 Å². The van der Waals surface area contributed by atoms with E-state index in [9.17, 15) is 5.11 Å². The van der Waals surface area contributed by atoms with Crippen LogP contribution in [-0.4, -0.2) is 22.3 Å². The van der Waals surface area contributed by atoms with Crippen molar-refractivity contribution in [2.75, 3.05) is 0 Å². The van der Waals surface area contributed by atoms with Gasteiger partial charge >= 0.3 is 0 Å². The first-order valence-electron chi connectivity index (χ1n) is 5.50. The maximum Gasteiger partial charge on any atom is 0.141 e. The Hall–Kier alpha value is -1.09. The third-order valence-electron chi connectivity index (χ3n) is 2.77. The number of hydrogen-bond donors (Lipinski definition) is 1. The predicted molar refractivity (Wildman–Crippen MR) is 58.0 cm³/mol. The van der Waals surface area contributed by atoms with Gasteiger partial charge in [0.1, 0.15) is 11.9 Å². The standard InChI is InChI=1S/C12H17NO2/c1-3-11-12(5-4-8(2)13-11)15-10-6-9(14)7-10/h4-5,9-10,14H,3,6-7H2,1-2H3. The van der Waals surface area contributed by atoms with Crippen molar-refractivity contribution < 1.29 is 9.84 Å². The lowest BCUT2D eigenvalue weighted by Crippen LogP contribution is -2.37. The quantitative estimate of drug-likeness (QED) is 0.822. The Balaban J connectivity index is 2.07. The van der Waals surface area contributed by atoms with Gasteiger partial charge in [0.25, 0.3) is 0 Å². The summed E-state index contributed by atoms with van der Waals surface area (Å²) in [6.45, 7) is 4.06. The van der Waals surface area contributed by atoms with E-state index in [0.29, 0.717) is 0 Å². The van der Waals surface area contributed by atoms with Gasteiger partial charge in [-0.3, -0.25) is 4.98 Å². The molecule has 0 aliphatic heterocycles. The van der Waals surface area contributed by atoms with Crippen LogP contribution in [0.15, 0.2) is 12.1 Å². The van der Waals surface area contributed by atoms with E-state index in [2.05, 4.69) is 11.9 Å². The Morgan fingerprint density at radius 3 is 2.80 bits per heavy atom. The van der Waals surface area contributed by atoms with Crippen LogP contribution in [0.4, 0.5) is 0 Å². The molecule has 0 unspecified atom stereocenters. The average Bonchev–Trinajstić information content (AvgIpc) is 2.18. The van der Waals surface area contributed by atoms with E-state index in [1.54, 1.807) is 0 Å².